The first-order valence-corrected chi connectivity index (χ1v) is 13.2. The third kappa shape index (κ3) is 4.37. The number of aromatic nitrogens is 3. The SMILES string of the molecule is CC(=O)N(c1nc(CSc2nc3sc(C)c(C)c3c(=O)n2C)cs1)c1c(C)cc(C)cc1C. The number of hydrogen-bond donors (Lipinski definition) is 0. The number of carbonyl (C=O) groups is 1. The Kier molecular flexibility index (Phi) is 6.48. The summed E-state index contributed by atoms with van der Waals surface area (Å²) >= 11 is 4.48. The van der Waals surface area contributed by atoms with Crippen LogP contribution in [0.5, 0.6) is 0 Å². The van der Waals surface area contributed by atoms with Crippen molar-refractivity contribution in [3.63, 3.8) is 0 Å². The summed E-state index contributed by atoms with van der Waals surface area (Å²) in [5.41, 5.74) is 5.98. The number of rotatable bonds is 5. The lowest BCUT2D eigenvalue weighted by molar-refractivity contribution is -0.115. The van der Waals surface area contributed by atoms with Gasteiger partial charge >= 0.3 is 0 Å². The van der Waals surface area contributed by atoms with Crippen LogP contribution in [0.25, 0.3) is 10.2 Å². The summed E-state index contributed by atoms with van der Waals surface area (Å²) < 4.78 is 1.61. The molecule has 0 aliphatic carbocycles. The molecule has 0 aliphatic rings. The minimum Gasteiger partial charge on any atom is -0.290 e. The molecule has 6 nitrogen and oxygen atoms in total. The lowest BCUT2D eigenvalue weighted by atomic mass is 10.0. The minimum absolute atomic E-state index is 0.0172. The molecule has 3 aromatic heterocycles. The van der Waals surface area contributed by atoms with Crippen molar-refractivity contribution >= 4 is 61.4 Å². The largest absolute Gasteiger partial charge is 0.290 e. The highest BCUT2D eigenvalue weighted by molar-refractivity contribution is 7.98. The second-order valence-electron chi connectivity index (χ2n) is 8.23. The molecular weight excluding hydrogens is 472 g/mol. The average Bonchev–Trinajstić information content (AvgIpc) is 3.30. The maximum atomic E-state index is 12.9. The van der Waals surface area contributed by atoms with Crippen molar-refractivity contribution < 1.29 is 4.79 Å². The number of carbonyl (C=O) groups excluding carboxylic acids is 1. The van der Waals surface area contributed by atoms with Crippen molar-refractivity contribution in [1.82, 2.24) is 14.5 Å². The number of thiazole rings is 1. The van der Waals surface area contributed by atoms with Gasteiger partial charge in [-0.15, -0.1) is 22.7 Å². The first-order valence-electron chi connectivity index (χ1n) is 10.5. The zero-order chi connectivity index (χ0) is 24.0. The number of fused-ring (bicyclic) bond motifs is 1. The van der Waals surface area contributed by atoms with Gasteiger partial charge in [-0.2, -0.15) is 0 Å². The third-order valence-corrected chi connectivity index (χ3v) is 8.66. The molecule has 9 heteroatoms. The lowest BCUT2D eigenvalue weighted by Crippen LogP contribution is -2.24. The molecule has 0 N–H and O–H groups in total. The molecule has 0 saturated heterocycles. The molecule has 4 rings (SSSR count). The van der Waals surface area contributed by atoms with Crippen molar-refractivity contribution in [1.29, 1.82) is 0 Å². The zero-order valence-electron chi connectivity index (χ0n) is 19.8. The van der Waals surface area contributed by atoms with E-state index < -0.39 is 0 Å². The van der Waals surface area contributed by atoms with E-state index in [4.69, 9.17) is 9.97 Å². The van der Waals surface area contributed by atoms with Crippen LogP contribution in [0, 0.1) is 34.6 Å². The second kappa shape index (κ2) is 9.04. The Morgan fingerprint density at radius 1 is 1.12 bits per heavy atom. The summed E-state index contributed by atoms with van der Waals surface area (Å²) in [6.45, 7) is 11.6. The minimum atomic E-state index is -0.0726. The summed E-state index contributed by atoms with van der Waals surface area (Å²) in [5.74, 6) is 0.486. The van der Waals surface area contributed by atoms with Gasteiger partial charge in [-0.1, -0.05) is 29.5 Å². The first kappa shape index (κ1) is 23.7. The number of thioether (sulfide) groups is 1. The molecular formula is C24H26N4O2S3. The van der Waals surface area contributed by atoms with Gasteiger partial charge in [-0.3, -0.25) is 19.1 Å². The number of thiophene rings is 1. The summed E-state index contributed by atoms with van der Waals surface area (Å²) in [6, 6.07) is 4.16. The van der Waals surface area contributed by atoms with Gasteiger partial charge in [0.05, 0.1) is 16.8 Å². The fourth-order valence-corrected chi connectivity index (χ4v) is 6.91. The number of benzene rings is 1. The van der Waals surface area contributed by atoms with E-state index in [2.05, 4.69) is 19.1 Å². The molecule has 0 radical (unpaired) electrons. The number of anilines is 2. The lowest BCUT2D eigenvalue weighted by Gasteiger charge is -2.23. The highest BCUT2D eigenvalue weighted by Gasteiger charge is 2.22. The second-order valence-corrected chi connectivity index (χ2v) is 11.2. The smallest absolute Gasteiger partial charge is 0.262 e. The van der Waals surface area contributed by atoms with Crippen LogP contribution < -0.4 is 10.5 Å². The van der Waals surface area contributed by atoms with Crippen LogP contribution in [0.1, 0.15) is 39.7 Å². The fourth-order valence-electron chi connectivity index (χ4n) is 4.00. The summed E-state index contributed by atoms with van der Waals surface area (Å²) in [4.78, 5) is 38.5. The predicted octanol–water partition coefficient (Wildman–Crippen LogP) is 5.97. The van der Waals surface area contributed by atoms with Crippen molar-refractivity contribution in [2.24, 2.45) is 7.05 Å². The van der Waals surface area contributed by atoms with Crippen molar-refractivity contribution in [2.75, 3.05) is 4.90 Å². The Morgan fingerprint density at radius 3 is 2.42 bits per heavy atom. The van der Waals surface area contributed by atoms with Crippen LogP contribution in [0.3, 0.4) is 0 Å². The highest BCUT2D eigenvalue weighted by Crippen LogP contribution is 2.35. The normalized spacial score (nSPS) is 11.4. The first-order chi connectivity index (χ1) is 15.6. The van der Waals surface area contributed by atoms with Crippen LogP contribution in [0.15, 0.2) is 27.5 Å². The molecule has 0 unspecified atom stereocenters. The average molecular weight is 499 g/mol. The summed E-state index contributed by atoms with van der Waals surface area (Å²) in [6.07, 6.45) is 0. The van der Waals surface area contributed by atoms with E-state index in [1.54, 1.807) is 34.8 Å². The van der Waals surface area contributed by atoms with E-state index >= 15 is 0 Å². The van der Waals surface area contributed by atoms with Crippen molar-refractivity contribution in [3.8, 4) is 0 Å². The van der Waals surface area contributed by atoms with Gasteiger partial charge in [0.25, 0.3) is 5.56 Å². The molecule has 0 aliphatic heterocycles. The van der Waals surface area contributed by atoms with Gasteiger partial charge < -0.3 is 0 Å². The van der Waals surface area contributed by atoms with Gasteiger partial charge in [0.2, 0.25) is 5.91 Å². The zero-order valence-corrected chi connectivity index (χ0v) is 22.2. The molecule has 1 amide bonds. The van der Waals surface area contributed by atoms with Crippen LogP contribution in [-0.4, -0.2) is 20.4 Å². The molecule has 0 fully saturated rings. The van der Waals surface area contributed by atoms with Gasteiger partial charge in [0, 0.05) is 30.0 Å². The molecule has 172 valence electrons. The molecule has 3 heterocycles. The van der Waals surface area contributed by atoms with Gasteiger partial charge in [-0.25, -0.2) is 9.97 Å². The van der Waals surface area contributed by atoms with Crippen LogP contribution in [0.4, 0.5) is 10.8 Å². The maximum Gasteiger partial charge on any atom is 0.262 e. The van der Waals surface area contributed by atoms with E-state index in [0.717, 1.165) is 37.8 Å². The summed E-state index contributed by atoms with van der Waals surface area (Å²) in [7, 11) is 1.76. The Labute approximate surface area is 205 Å². The summed E-state index contributed by atoms with van der Waals surface area (Å²) in [5, 5.41) is 3.99. The standard InChI is InChI=1S/C24H26N4O2S3/c1-12-8-13(2)20(14(3)9-12)28(17(6)29)24-25-18(11-32-24)10-31-23-26-21-19(22(30)27(23)7)15(4)16(5)33-21/h8-9,11H,10H2,1-7H3. The monoisotopic (exact) mass is 498 g/mol. The van der Waals surface area contributed by atoms with Crippen LogP contribution in [0.2, 0.25) is 0 Å². The number of hydrogen-bond acceptors (Lipinski definition) is 7. The number of aryl methyl sites for hydroxylation is 5. The molecule has 0 spiro atoms. The van der Waals surface area contributed by atoms with E-state index in [0.29, 0.717) is 21.4 Å². The van der Waals surface area contributed by atoms with Gasteiger partial charge in [0.15, 0.2) is 10.3 Å². The predicted molar refractivity (Wildman–Crippen MR) is 139 cm³/mol. The highest BCUT2D eigenvalue weighted by atomic mass is 32.2. The van der Waals surface area contributed by atoms with Gasteiger partial charge in [0.1, 0.15) is 4.83 Å². The fraction of sp³-hybridized carbons (Fsp3) is 0.333. The number of amides is 1. The van der Waals surface area contributed by atoms with E-state index in [1.807, 2.05) is 33.1 Å². The maximum absolute atomic E-state index is 12.9. The Hall–Kier alpha value is -2.49. The Morgan fingerprint density at radius 2 is 1.79 bits per heavy atom. The molecule has 0 atom stereocenters. The van der Waals surface area contributed by atoms with Crippen LogP contribution in [-0.2, 0) is 17.6 Å². The molecule has 0 bridgehead atoms. The van der Waals surface area contributed by atoms with Gasteiger partial charge in [-0.05, 0) is 51.3 Å². The molecule has 4 aromatic rings. The van der Waals surface area contributed by atoms with E-state index in [1.165, 1.54) is 28.7 Å². The third-order valence-electron chi connectivity index (χ3n) is 5.62. The Bertz CT molecular complexity index is 1430. The van der Waals surface area contributed by atoms with Crippen molar-refractivity contribution in [2.45, 2.75) is 52.5 Å². The van der Waals surface area contributed by atoms with Crippen LogP contribution >= 0.6 is 34.4 Å². The Balaban J connectivity index is 1.62. The molecule has 33 heavy (non-hydrogen) atoms. The molecule has 0 saturated carbocycles. The topological polar surface area (TPSA) is 68.1 Å². The number of nitrogens with zero attached hydrogens (tertiary/aromatic N) is 4. The quantitative estimate of drug-likeness (QED) is 0.250. The molecule has 1 aromatic carbocycles. The van der Waals surface area contributed by atoms with Crippen molar-refractivity contribution in [3.05, 3.63) is 60.7 Å². The van der Waals surface area contributed by atoms with E-state index in [-0.39, 0.29) is 11.5 Å². The van der Waals surface area contributed by atoms with E-state index in [9.17, 15) is 9.59 Å².